The Morgan fingerprint density at radius 1 is 1.26 bits per heavy atom. The molecule has 0 saturated carbocycles. The van der Waals surface area contributed by atoms with Crippen molar-refractivity contribution in [3.05, 3.63) is 42.2 Å². The zero-order chi connectivity index (χ0) is 16.4. The number of anilines is 1. The molecule has 2 aromatic rings. The van der Waals surface area contributed by atoms with Gasteiger partial charge in [-0.05, 0) is 35.7 Å². The molecule has 0 bridgehead atoms. The molecule has 0 unspecified atom stereocenters. The number of hydrogen-bond donors (Lipinski definition) is 1. The van der Waals surface area contributed by atoms with Gasteiger partial charge < -0.3 is 15.4 Å². The maximum atomic E-state index is 11.7. The molecule has 2 heterocycles. The molecule has 23 heavy (non-hydrogen) atoms. The van der Waals surface area contributed by atoms with Crippen LogP contribution in [-0.4, -0.2) is 30.5 Å². The molecular weight excluding hydrogens is 294 g/mol. The van der Waals surface area contributed by atoms with E-state index in [0.29, 0.717) is 12.2 Å². The number of pyridine rings is 1. The number of amides is 2. The minimum absolute atomic E-state index is 0.133. The van der Waals surface area contributed by atoms with Gasteiger partial charge in [0.1, 0.15) is 5.75 Å². The smallest absolute Gasteiger partial charge is 0.255 e. The average molecular weight is 311 g/mol. The highest BCUT2D eigenvalue weighted by Gasteiger charge is 2.21. The maximum absolute atomic E-state index is 11.7. The maximum Gasteiger partial charge on any atom is 0.255 e. The van der Waals surface area contributed by atoms with E-state index in [1.54, 1.807) is 18.1 Å². The number of carbonyl (C=O) groups excluding carboxylic acids is 2. The first-order valence-corrected chi connectivity index (χ1v) is 7.30. The molecule has 3 rings (SSSR count). The van der Waals surface area contributed by atoms with E-state index >= 15 is 0 Å². The van der Waals surface area contributed by atoms with E-state index in [2.05, 4.69) is 11.1 Å². The van der Waals surface area contributed by atoms with Gasteiger partial charge in [-0.15, -0.1) is 0 Å². The minimum Gasteiger partial charge on any atom is -0.482 e. The standard InChI is InChI=1S/C17H17N3O3/c1-20-15-4-2-11(6-12(15)3-5-17(20)22)13-7-14(9-19-8-13)23-10-16(18)21/h2,4,6-9H,3,5,10H2,1H3,(H2,18,21). The fourth-order valence-electron chi connectivity index (χ4n) is 2.65. The van der Waals surface area contributed by atoms with Crippen LogP contribution in [0.3, 0.4) is 0 Å². The summed E-state index contributed by atoms with van der Waals surface area (Å²) in [6.45, 7) is -0.178. The SMILES string of the molecule is CN1C(=O)CCc2cc(-c3cncc(OCC(N)=O)c3)ccc21. The van der Waals surface area contributed by atoms with Gasteiger partial charge >= 0.3 is 0 Å². The van der Waals surface area contributed by atoms with Crippen LogP contribution in [0.25, 0.3) is 11.1 Å². The number of aromatic nitrogens is 1. The number of hydrogen-bond acceptors (Lipinski definition) is 4. The number of nitrogens with zero attached hydrogens (tertiary/aromatic N) is 2. The molecule has 0 aliphatic carbocycles. The van der Waals surface area contributed by atoms with Crippen LogP contribution in [0.1, 0.15) is 12.0 Å². The first-order valence-electron chi connectivity index (χ1n) is 7.30. The van der Waals surface area contributed by atoms with Crippen LogP contribution in [0.15, 0.2) is 36.7 Å². The number of fused-ring (bicyclic) bond motifs is 1. The second-order valence-electron chi connectivity index (χ2n) is 5.46. The van der Waals surface area contributed by atoms with Crippen molar-refractivity contribution in [2.45, 2.75) is 12.8 Å². The third-order valence-corrected chi connectivity index (χ3v) is 3.85. The first kappa shape index (κ1) is 15.0. The van der Waals surface area contributed by atoms with Crippen molar-refractivity contribution in [3.63, 3.8) is 0 Å². The number of carbonyl (C=O) groups is 2. The number of ether oxygens (including phenoxy) is 1. The monoisotopic (exact) mass is 311 g/mol. The molecule has 1 aliphatic heterocycles. The highest BCUT2D eigenvalue weighted by atomic mass is 16.5. The number of benzene rings is 1. The second kappa shape index (κ2) is 6.08. The Hall–Kier alpha value is -2.89. The minimum atomic E-state index is -0.531. The Morgan fingerprint density at radius 2 is 2.09 bits per heavy atom. The van der Waals surface area contributed by atoms with Gasteiger partial charge in [-0.3, -0.25) is 14.6 Å². The summed E-state index contributed by atoms with van der Waals surface area (Å²) in [6.07, 6.45) is 4.53. The molecule has 1 aromatic heterocycles. The largest absolute Gasteiger partial charge is 0.482 e. The third-order valence-electron chi connectivity index (χ3n) is 3.85. The molecular formula is C17H17N3O3. The van der Waals surface area contributed by atoms with Crippen molar-refractivity contribution in [3.8, 4) is 16.9 Å². The summed E-state index contributed by atoms with van der Waals surface area (Å²) in [4.78, 5) is 28.4. The lowest BCUT2D eigenvalue weighted by molar-refractivity contribution is -0.120. The summed E-state index contributed by atoms with van der Waals surface area (Å²) in [7, 11) is 1.79. The van der Waals surface area contributed by atoms with E-state index in [-0.39, 0.29) is 12.5 Å². The van der Waals surface area contributed by atoms with Crippen molar-refractivity contribution in [2.75, 3.05) is 18.6 Å². The molecule has 2 N–H and O–H groups in total. The summed E-state index contributed by atoms with van der Waals surface area (Å²) in [5.74, 6) is 0.0944. The van der Waals surface area contributed by atoms with Crippen LogP contribution in [0.5, 0.6) is 5.75 Å². The van der Waals surface area contributed by atoms with Gasteiger partial charge in [0.2, 0.25) is 5.91 Å². The molecule has 6 heteroatoms. The van der Waals surface area contributed by atoms with Gasteiger partial charge in [0.25, 0.3) is 5.91 Å². The topological polar surface area (TPSA) is 85.5 Å². The van der Waals surface area contributed by atoms with Crippen molar-refractivity contribution in [2.24, 2.45) is 5.73 Å². The van der Waals surface area contributed by atoms with Gasteiger partial charge in [0.05, 0.1) is 6.20 Å². The molecule has 2 amide bonds. The van der Waals surface area contributed by atoms with E-state index in [1.165, 1.54) is 6.20 Å². The third kappa shape index (κ3) is 3.15. The van der Waals surface area contributed by atoms with Crippen LogP contribution in [0.4, 0.5) is 5.69 Å². The molecule has 1 aliphatic rings. The molecule has 6 nitrogen and oxygen atoms in total. The van der Waals surface area contributed by atoms with Crippen LogP contribution in [0, 0.1) is 0 Å². The molecule has 0 radical (unpaired) electrons. The van der Waals surface area contributed by atoms with Gasteiger partial charge in [0.15, 0.2) is 6.61 Å². The van der Waals surface area contributed by atoms with Crippen LogP contribution >= 0.6 is 0 Å². The lowest BCUT2D eigenvalue weighted by Gasteiger charge is -2.26. The van der Waals surface area contributed by atoms with Crippen molar-refractivity contribution in [1.82, 2.24) is 4.98 Å². The quantitative estimate of drug-likeness (QED) is 0.927. The van der Waals surface area contributed by atoms with E-state index in [9.17, 15) is 9.59 Å². The Kier molecular flexibility index (Phi) is 3.97. The fourth-order valence-corrected chi connectivity index (χ4v) is 2.65. The van der Waals surface area contributed by atoms with Crippen LogP contribution < -0.4 is 15.4 Å². The number of nitrogens with two attached hydrogens (primary N) is 1. The van der Waals surface area contributed by atoms with E-state index in [4.69, 9.17) is 10.5 Å². The molecule has 0 spiro atoms. The highest BCUT2D eigenvalue weighted by molar-refractivity contribution is 5.96. The Labute approximate surface area is 133 Å². The summed E-state index contributed by atoms with van der Waals surface area (Å²) >= 11 is 0. The number of aryl methyl sites for hydroxylation is 1. The molecule has 0 fully saturated rings. The average Bonchev–Trinajstić information content (AvgIpc) is 2.56. The second-order valence-corrected chi connectivity index (χ2v) is 5.46. The molecule has 0 saturated heterocycles. The lowest BCUT2D eigenvalue weighted by atomic mass is 9.97. The Bertz CT molecular complexity index is 773. The Morgan fingerprint density at radius 3 is 2.87 bits per heavy atom. The molecule has 118 valence electrons. The van der Waals surface area contributed by atoms with E-state index < -0.39 is 5.91 Å². The van der Waals surface area contributed by atoms with Crippen molar-refractivity contribution in [1.29, 1.82) is 0 Å². The van der Waals surface area contributed by atoms with Gasteiger partial charge in [0, 0.05) is 30.9 Å². The lowest BCUT2D eigenvalue weighted by Crippen LogP contribution is -2.30. The van der Waals surface area contributed by atoms with Crippen molar-refractivity contribution >= 4 is 17.5 Å². The van der Waals surface area contributed by atoms with E-state index in [0.717, 1.165) is 28.8 Å². The number of rotatable bonds is 4. The predicted molar refractivity (Wildman–Crippen MR) is 86.1 cm³/mol. The summed E-state index contributed by atoms with van der Waals surface area (Å²) in [5, 5.41) is 0. The zero-order valence-electron chi connectivity index (χ0n) is 12.8. The summed E-state index contributed by atoms with van der Waals surface area (Å²) < 4.78 is 5.28. The Balaban J connectivity index is 1.89. The molecule has 0 atom stereocenters. The van der Waals surface area contributed by atoms with Gasteiger partial charge in [-0.1, -0.05) is 6.07 Å². The van der Waals surface area contributed by atoms with Gasteiger partial charge in [-0.2, -0.15) is 0 Å². The predicted octanol–water partition coefficient (Wildman–Crippen LogP) is 1.52. The normalized spacial score (nSPS) is 13.6. The summed E-state index contributed by atoms with van der Waals surface area (Å²) in [5.41, 5.74) is 9.02. The molecule has 1 aromatic carbocycles. The highest BCUT2D eigenvalue weighted by Crippen LogP contribution is 2.32. The zero-order valence-corrected chi connectivity index (χ0v) is 12.8. The van der Waals surface area contributed by atoms with Crippen LogP contribution in [-0.2, 0) is 16.0 Å². The van der Waals surface area contributed by atoms with Crippen molar-refractivity contribution < 1.29 is 14.3 Å². The van der Waals surface area contributed by atoms with Crippen LogP contribution in [0.2, 0.25) is 0 Å². The fraction of sp³-hybridized carbons (Fsp3) is 0.235. The number of primary amides is 1. The first-order chi connectivity index (χ1) is 11.0. The van der Waals surface area contributed by atoms with E-state index in [1.807, 2.05) is 18.2 Å². The summed E-state index contributed by atoms with van der Waals surface area (Å²) in [6, 6.07) is 7.77. The van der Waals surface area contributed by atoms with Gasteiger partial charge in [-0.25, -0.2) is 0 Å².